The lowest BCUT2D eigenvalue weighted by molar-refractivity contribution is -0.299. The second-order valence-electron chi connectivity index (χ2n) is 15.3. The number of ether oxygens (including phenoxy) is 7. The van der Waals surface area contributed by atoms with E-state index in [9.17, 15) is 24.9 Å². The number of esters is 1. The van der Waals surface area contributed by atoms with Crippen LogP contribution in [-0.2, 0) is 42.7 Å². The Balaban J connectivity index is 1.75. The Hall–Kier alpha value is -1.26. The molecule has 8 unspecified atom stereocenters. The van der Waals surface area contributed by atoms with Crippen molar-refractivity contribution >= 4 is 11.8 Å². The Morgan fingerprint density at radius 3 is 2.02 bits per heavy atom. The van der Waals surface area contributed by atoms with Crippen molar-refractivity contribution in [1.29, 1.82) is 0 Å². The van der Waals surface area contributed by atoms with Gasteiger partial charge in [-0.15, -0.1) is 0 Å². The summed E-state index contributed by atoms with van der Waals surface area (Å²) in [5.41, 5.74) is -1.10. The summed E-state index contributed by atoms with van der Waals surface area (Å²) >= 11 is 0. The molecular formula is C35H61NO12. The fourth-order valence-corrected chi connectivity index (χ4v) is 7.89. The second-order valence-corrected chi connectivity index (χ2v) is 15.3. The number of methoxy groups -OCH3 is 1. The van der Waals surface area contributed by atoms with Crippen LogP contribution in [0.25, 0.3) is 0 Å². The molecule has 0 saturated carbocycles. The van der Waals surface area contributed by atoms with E-state index >= 15 is 0 Å². The van der Waals surface area contributed by atoms with E-state index in [1.807, 2.05) is 39.8 Å². The zero-order valence-electron chi connectivity index (χ0n) is 30.6. The van der Waals surface area contributed by atoms with E-state index in [0.29, 0.717) is 6.42 Å². The number of epoxide rings is 1. The van der Waals surface area contributed by atoms with Gasteiger partial charge in [0, 0.05) is 37.3 Å². The molecule has 278 valence electrons. The molecule has 13 heteroatoms. The normalized spacial score (nSPS) is 49.9. The number of cyclic esters (lactones) is 1. The summed E-state index contributed by atoms with van der Waals surface area (Å²) in [7, 11) is 5.32. The van der Waals surface area contributed by atoms with Gasteiger partial charge in [-0.3, -0.25) is 9.59 Å². The summed E-state index contributed by atoms with van der Waals surface area (Å²) in [5, 5.41) is 33.3. The Morgan fingerprint density at radius 2 is 1.44 bits per heavy atom. The van der Waals surface area contributed by atoms with Crippen molar-refractivity contribution in [2.24, 2.45) is 29.6 Å². The third kappa shape index (κ3) is 8.43. The summed E-state index contributed by atoms with van der Waals surface area (Å²) in [4.78, 5) is 29.7. The van der Waals surface area contributed by atoms with Crippen LogP contribution in [-0.4, -0.2) is 139 Å². The van der Waals surface area contributed by atoms with Gasteiger partial charge in [-0.1, -0.05) is 27.7 Å². The molecule has 3 N–H and O–H groups in total. The molecular weight excluding hydrogens is 626 g/mol. The van der Waals surface area contributed by atoms with Crippen LogP contribution in [0, 0.1) is 29.6 Å². The number of carbonyl (C=O) groups is 2. The third-order valence-electron chi connectivity index (χ3n) is 11.4. The first-order valence-corrected chi connectivity index (χ1v) is 17.7. The molecule has 1 spiro atoms. The average molecular weight is 688 g/mol. The van der Waals surface area contributed by atoms with Crippen LogP contribution in [0.5, 0.6) is 0 Å². The first-order chi connectivity index (χ1) is 22.4. The fourth-order valence-electron chi connectivity index (χ4n) is 7.89. The molecule has 0 bridgehead atoms. The van der Waals surface area contributed by atoms with Gasteiger partial charge >= 0.3 is 5.97 Å². The summed E-state index contributed by atoms with van der Waals surface area (Å²) in [6.07, 6.45) is -7.15. The zero-order valence-corrected chi connectivity index (χ0v) is 30.6. The Labute approximate surface area is 285 Å². The minimum atomic E-state index is -1.10. The lowest BCUT2D eigenvalue weighted by atomic mass is 9.76. The van der Waals surface area contributed by atoms with Gasteiger partial charge in [0.2, 0.25) is 0 Å². The van der Waals surface area contributed by atoms with Gasteiger partial charge in [0.1, 0.15) is 18.3 Å². The number of aliphatic hydroxyl groups excluding tert-OH is 3. The topological polar surface area (TPSA) is 166 Å². The van der Waals surface area contributed by atoms with Gasteiger partial charge in [0.15, 0.2) is 24.0 Å². The molecule has 0 aromatic heterocycles. The lowest BCUT2D eigenvalue weighted by Crippen LogP contribution is -2.57. The Kier molecular flexibility index (Phi) is 13.1. The molecule has 4 rings (SSSR count). The minimum absolute atomic E-state index is 0.198. The number of rotatable bonds is 6. The van der Waals surface area contributed by atoms with Crippen molar-refractivity contribution in [2.75, 3.05) is 27.8 Å². The molecule has 0 aromatic rings. The molecule has 4 fully saturated rings. The molecule has 13 nitrogen and oxygen atoms in total. The molecule has 18 atom stereocenters. The highest BCUT2D eigenvalue weighted by atomic mass is 16.7. The molecule has 0 amide bonds. The van der Waals surface area contributed by atoms with E-state index < -0.39 is 96.7 Å². The largest absolute Gasteiger partial charge is 0.462 e. The van der Waals surface area contributed by atoms with Crippen molar-refractivity contribution in [3.63, 3.8) is 0 Å². The third-order valence-corrected chi connectivity index (χ3v) is 11.4. The van der Waals surface area contributed by atoms with Crippen molar-refractivity contribution < 1.29 is 58.1 Å². The second kappa shape index (κ2) is 16.0. The molecule has 0 aromatic carbocycles. The maximum atomic E-state index is 13.9. The molecule has 4 heterocycles. The number of hydrogen-bond acceptors (Lipinski definition) is 13. The number of ketones is 1. The van der Waals surface area contributed by atoms with E-state index in [1.165, 1.54) is 7.11 Å². The van der Waals surface area contributed by atoms with Crippen LogP contribution in [0.15, 0.2) is 0 Å². The highest BCUT2D eigenvalue weighted by Crippen LogP contribution is 2.43. The van der Waals surface area contributed by atoms with Gasteiger partial charge < -0.3 is 53.4 Å². The molecule has 0 radical (unpaired) electrons. The molecule has 0 aliphatic carbocycles. The van der Waals surface area contributed by atoms with Crippen molar-refractivity contribution in [2.45, 2.75) is 154 Å². The van der Waals surface area contributed by atoms with Crippen LogP contribution in [0.3, 0.4) is 0 Å². The first kappa shape index (κ1) is 39.5. The number of aliphatic hydroxyl groups is 3. The van der Waals surface area contributed by atoms with E-state index in [0.717, 1.165) is 0 Å². The molecule has 4 aliphatic heterocycles. The average Bonchev–Trinajstić information content (AvgIpc) is 3.82. The molecule has 48 heavy (non-hydrogen) atoms. The maximum absolute atomic E-state index is 13.9. The standard InChI is InChI=1S/C35H61NO12/c1-16-14-35(15-43-35)32(40)19(4)27(37)18(3)22(7)46-33(41)21(6)31(47-26-13-25(42-11)28(38)23(8)45-26)20(5)30(16)48-34-29(39)24(36(9)10)12-17(2)44-34/h16-31,34,37-39H,12-15H2,1-11H3/t16-,17?,18-,19+,20+,21+,22+,23?,24?,25?,26?,27-,28?,29?,30-,31-,34?,35-/m0/s1. The van der Waals surface area contributed by atoms with Crippen molar-refractivity contribution in [3.8, 4) is 0 Å². The highest BCUT2D eigenvalue weighted by molar-refractivity contribution is 5.92. The number of nitrogens with zero attached hydrogens (tertiary/aromatic N) is 1. The Bertz CT molecular complexity index is 1090. The van der Waals surface area contributed by atoms with E-state index in [4.69, 9.17) is 33.2 Å². The summed E-state index contributed by atoms with van der Waals surface area (Å²) in [5.74, 6) is -3.74. The predicted octanol–water partition coefficient (Wildman–Crippen LogP) is 1.91. The van der Waals surface area contributed by atoms with Crippen molar-refractivity contribution in [3.05, 3.63) is 0 Å². The summed E-state index contributed by atoms with van der Waals surface area (Å²) < 4.78 is 43.0. The van der Waals surface area contributed by atoms with E-state index in [-0.39, 0.29) is 43.3 Å². The fraction of sp³-hybridized carbons (Fsp3) is 0.943. The molecule has 4 aliphatic rings. The predicted molar refractivity (Wildman–Crippen MR) is 174 cm³/mol. The number of Topliss-reactive ketones (excluding diaryl/α,β-unsaturated/α-hetero) is 1. The highest BCUT2D eigenvalue weighted by Gasteiger charge is 2.57. The van der Waals surface area contributed by atoms with E-state index in [2.05, 4.69) is 0 Å². The van der Waals surface area contributed by atoms with Gasteiger partial charge in [0.05, 0.1) is 49.1 Å². The number of hydrogen-bond donors (Lipinski definition) is 3. The first-order valence-electron chi connectivity index (χ1n) is 17.7. The van der Waals surface area contributed by atoms with Crippen LogP contribution >= 0.6 is 0 Å². The monoisotopic (exact) mass is 687 g/mol. The van der Waals surface area contributed by atoms with Gasteiger partial charge in [-0.05, 0) is 60.5 Å². The van der Waals surface area contributed by atoms with Crippen molar-refractivity contribution in [1.82, 2.24) is 4.90 Å². The van der Waals surface area contributed by atoms with Gasteiger partial charge in [0.25, 0.3) is 0 Å². The zero-order chi connectivity index (χ0) is 35.8. The SMILES string of the molecule is COC1CC(O[C@H]2[C@H](C)[C@@H](OC3OC(C)CC(N(C)C)C3O)[C@@H](C)C[C@]3(CO3)C(=O)[C@H](C)[C@@H](O)[C@@H](C)[C@@H](C)OC(=O)[C@@H]2C)OC(C)C1O. The Morgan fingerprint density at radius 1 is 0.792 bits per heavy atom. The lowest BCUT2D eigenvalue weighted by Gasteiger charge is -2.46. The molecule has 4 saturated heterocycles. The minimum Gasteiger partial charge on any atom is -0.462 e. The quantitative estimate of drug-likeness (QED) is 0.274. The van der Waals surface area contributed by atoms with Crippen LogP contribution < -0.4 is 0 Å². The summed E-state index contributed by atoms with van der Waals surface area (Å²) in [6.45, 7) is 14.6. The summed E-state index contributed by atoms with van der Waals surface area (Å²) in [6, 6.07) is -0.219. The van der Waals surface area contributed by atoms with E-state index in [1.54, 1.807) is 34.6 Å². The van der Waals surface area contributed by atoms with Crippen LogP contribution in [0.2, 0.25) is 0 Å². The number of carbonyl (C=O) groups excluding carboxylic acids is 2. The van der Waals surface area contributed by atoms with Gasteiger partial charge in [-0.2, -0.15) is 0 Å². The maximum Gasteiger partial charge on any atom is 0.311 e. The smallest absolute Gasteiger partial charge is 0.311 e. The van der Waals surface area contributed by atoms with Crippen LogP contribution in [0.4, 0.5) is 0 Å². The van der Waals surface area contributed by atoms with Crippen LogP contribution in [0.1, 0.15) is 74.7 Å². The van der Waals surface area contributed by atoms with Gasteiger partial charge in [-0.25, -0.2) is 0 Å². The number of likely N-dealkylation sites (N-methyl/N-ethyl adjacent to an activating group) is 1.